The molecule has 0 aromatic heterocycles. The minimum atomic E-state index is -0.883. The minimum Gasteiger partial charge on any atom is -0.401 e. The largest absolute Gasteiger partial charge is 0.492 e. The smallest absolute Gasteiger partial charge is 0.401 e. The molecule has 18 heavy (non-hydrogen) atoms. The van der Waals surface area contributed by atoms with Crippen LogP contribution in [0.25, 0.3) is 0 Å². The lowest BCUT2D eigenvalue weighted by Crippen LogP contribution is -2.52. The van der Waals surface area contributed by atoms with Gasteiger partial charge in [0.05, 0.1) is 11.2 Å². The average molecular weight is 254 g/mol. The van der Waals surface area contributed by atoms with E-state index in [1.807, 2.05) is 34.6 Å². The first-order chi connectivity index (χ1) is 8.17. The molecular weight excluding hydrogens is 227 g/mol. The fraction of sp³-hybridized carbons (Fsp3) is 1.00. The molecule has 0 amide bonds. The monoisotopic (exact) mass is 254 g/mol. The number of aliphatic hydroxyl groups is 1. The van der Waals surface area contributed by atoms with E-state index in [9.17, 15) is 5.11 Å². The molecule has 1 saturated heterocycles. The maximum Gasteiger partial charge on any atom is 0.492 e. The number of hydrogen-bond acceptors (Lipinski definition) is 3. The van der Waals surface area contributed by atoms with Gasteiger partial charge in [0, 0.05) is 0 Å². The molecule has 1 N–H and O–H groups in total. The highest BCUT2D eigenvalue weighted by Gasteiger charge is 2.59. The van der Waals surface area contributed by atoms with E-state index >= 15 is 0 Å². The van der Waals surface area contributed by atoms with Crippen LogP contribution in [0.2, 0.25) is 0 Å². The molecule has 0 radical (unpaired) electrons. The second kappa shape index (κ2) is 4.50. The van der Waals surface area contributed by atoms with Gasteiger partial charge in [-0.05, 0) is 53.4 Å². The third-order valence-corrected chi connectivity index (χ3v) is 5.16. The van der Waals surface area contributed by atoms with E-state index in [-0.39, 0.29) is 11.2 Å². The zero-order valence-electron chi connectivity index (χ0n) is 12.5. The molecule has 1 aliphatic carbocycles. The Balaban J connectivity index is 2.12. The molecule has 4 heteroatoms. The van der Waals surface area contributed by atoms with Crippen LogP contribution < -0.4 is 0 Å². The summed E-state index contributed by atoms with van der Waals surface area (Å²) in [5.41, 5.74) is -1.61. The first kappa shape index (κ1) is 14.4. The normalized spacial score (nSPS) is 31.3. The predicted molar refractivity (Wildman–Crippen MR) is 73.3 cm³/mol. The van der Waals surface area contributed by atoms with E-state index in [1.165, 1.54) is 19.3 Å². The van der Waals surface area contributed by atoms with Gasteiger partial charge in [0.2, 0.25) is 0 Å². The Bertz CT molecular complexity index is 290. The van der Waals surface area contributed by atoms with Crippen molar-refractivity contribution in [2.75, 3.05) is 0 Å². The molecule has 1 atom stereocenters. The van der Waals surface area contributed by atoms with Crippen LogP contribution in [-0.4, -0.2) is 28.9 Å². The summed E-state index contributed by atoms with van der Waals surface area (Å²) < 4.78 is 12.0. The lowest BCUT2D eigenvalue weighted by atomic mass is 9.58. The standard InChI is InChI=1S/C14H27BO3/c1-12(2)13(3,4)18-15(17-12)14(5,16)11-9-7-6-8-10-11/h11,16H,6-10H2,1-5H3/t14-/m0/s1. The third kappa shape index (κ3) is 2.35. The summed E-state index contributed by atoms with van der Waals surface area (Å²) in [5.74, 6) is 0.293. The Morgan fingerprint density at radius 1 is 1.00 bits per heavy atom. The van der Waals surface area contributed by atoms with E-state index < -0.39 is 12.6 Å². The van der Waals surface area contributed by atoms with E-state index in [4.69, 9.17) is 9.31 Å². The van der Waals surface area contributed by atoms with Crippen molar-refractivity contribution in [3.05, 3.63) is 0 Å². The molecule has 2 rings (SSSR count). The van der Waals surface area contributed by atoms with Crippen molar-refractivity contribution in [2.45, 2.75) is 83.4 Å². The fourth-order valence-electron chi connectivity index (χ4n) is 2.96. The fourth-order valence-corrected chi connectivity index (χ4v) is 2.96. The average Bonchev–Trinajstić information content (AvgIpc) is 2.50. The van der Waals surface area contributed by atoms with Crippen LogP contribution in [-0.2, 0) is 9.31 Å². The van der Waals surface area contributed by atoms with Crippen molar-refractivity contribution in [3.63, 3.8) is 0 Å². The van der Waals surface area contributed by atoms with Crippen molar-refractivity contribution >= 4 is 7.12 Å². The van der Waals surface area contributed by atoms with Crippen molar-refractivity contribution in [2.24, 2.45) is 5.92 Å². The van der Waals surface area contributed by atoms with Crippen LogP contribution >= 0.6 is 0 Å². The Hall–Kier alpha value is -0.0551. The summed E-state index contributed by atoms with van der Waals surface area (Å²) in [6, 6.07) is 0. The summed E-state index contributed by atoms with van der Waals surface area (Å²) in [7, 11) is -0.509. The van der Waals surface area contributed by atoms with Gasteiger partial charge in [-0.25, -0.2) is 0 Å². The van der Waals surface area contributed by atoms with Crippen LogP contribution in [0.5, 0.6) is 0 Å². The van der Waals surface area contributed by atoms with Crippen molar-refractivity contribution in [1.29, 1.82) is 0 Å². The summed E-state index contributed by atoms with van der Waals surface area (Å²) >= 11 is 0. The summed E-state index contributed by atoms with van der Waals surface area (Å²) in [4.78, 5) is 0. The highest BCUT2D eigenvalue weighted by atomic mass is 16.7. The maximum absolute atomic E-state index is 10.9. The van der Waals surface area contributed by atoms with Crippen LogP contribution in [0, 0.1) is 5.92 Å². The zero-order chi connectivity index (χ0) is 13.6. The molecule has 0 bridgehead atoms. The second-order valence-corrected chi connectivity index (χ2v) is 7.15. The predicted octanol–water partition coefficient (Wildman–Crippen LogP) is 2.95. The Kier molecular flexibility index (Phi) is 3.59. The Labute approximate surface area is 111 Å². The van der Waals surface area contributed by atoms with Gasteiger partial charge in [0.25, 0.3) is 0 Å². The molecule has 2 fully saturated rings. The molecule has 1 aliphatic heterocycles. The maximum atomic E-state index is 10.9. The van der Waals surface area contributed by atoms with Crippen molar-refractivity contribution < 1.29 is 14.4 Å². The van der Waals surface area contributed by atoms with Crippen molar-refractivity contribution in [3.8, 4) is 0 Å². The van der Waals surface area contributed by atoms with Crippen LogP contribution in [0.1, 0.15) is 66.7 Å². The number of hydrogen-bond donors (Lipinski definition) is 1. The van der Waals surface area contributed by atoms with E-state index in [2.05, 4.69) is 0 Å². The van der Waals surface area contributed by atoms with Gasteiger partial charge < -0.3 is 14.4 Å². The summed E-state index contributed by atoms with van der Waals surface area (Å²) in [6.45, 7) is 10.0. The van der Waals surface area contributed by atoms with Gasteiger partial charge >= 0.3 is 7.12 Å². The Morgan fingerprint density at radius 3 is 1.89 bits per heavy atom. The van der Waals surface area contributed by atoms with E-state index in [0.717, 1.165) is 12.8 Å². The highest BCUT2D eigenvalue weighted by Crippen LogP contribution is 2.43. The third-order valence-electron chi connectivity index (χ3n) is 5.16. The van der Waals surface area contributed by atoms with Gasteiger partial charge in [0.1, 0.15) is 5.50 Å². The topological polar surface area (TPSA) is 38.7 Å². The molecule has 1 heterocycles. The van der Waals surface area contributed by atoms with E-state index in [0.29, 0.717) is 5.92 Å². The zero-order valence-corrected chi connectivity index (χ0v) is 12.5. The number of rotatable bonds is 2. The van der Waals surface area contributed by atoms with Crippen molar-refractivity contribution in [1.82, 2.24) is 0 Å². The SMILES string of the molecule is CC1(C)OB([C@@](C)(O)C2CCCCC2)OC1(C)C. The van der Waals surface area contributed by atoms with Gasteiger partial charge in [0.15, 0.2) is 0 Å². The lowest BCUT2D eigenvalue weighted by molar-refractivity contribution is 0.00578. The van der Waals surface area contributed by atoms with Crippen LogP contribution in [0.3, 0.4) is 0 Å². The van der Waals surface area contributed by atoms with Gasteiger partial charge in [-0.2, -0.15) is 0 Å². The molecule has 0 aromatic carbocycles. The van der Waals surface area contributed by atoms with Gasteiger partial charge in [-0.3, -0.25) is 0 Å². The van der Waals surface area contributed by atoms with Crippen LogP contribution in [0.4, 0.5) is 0 Å². The molecule has 1 saturated carbocycles. The van der Waals surface area contributed by atoms with Crippen LogP contribution in [0.15, 0.2) is 0 Å². The molecule has 0 unspecified atom stereocenters. The van der Waals surface area contributed by atoms with E-state index in [1.54, 1.807) is 0 Å². The molecule has 0 aromatic rings. The first-order valence-corrected chi connectivity index (χ1v) is 7.25. The Morgan fingerprint density at radius 2 is 1.44 bits per heavy atom. The molecule has 2 aliphatic rings. The summed E-state index contributed by atoms with van der Waals surface area (Å²) in [5, 5.41) is 10.9. The highest BCUT2D eigenvalue weighted by molar-refractivity contribution is 6.49. The van der Waals surface area contributed by atoms with Gasteiger partial charge in [-0.1, -0.05) is 19.3 Å². The molecule has 0 spiro atoms. The summed E-state index contributed by atoms with van der Waals surface area (Å²) in [6.07, 6.45) is 5.87. The first-order valence-electron chi connectivity index (χ1n) is 7.25. The molecular formula is C14H27BO3. The minimum absolute atomic E-state index is 0.293. The lowest BCUT2D eigenvalue weighted by Gasteiger charge is -2.36. The molecule has 3 nitrogen and oxygen atoms in total. The quantitative estimate of drug-likeness (QED) is 0.770. The second-order valence-electron chi connectivity index (χ2n) is 7.15. The van der Waals surface area contributed by atoms with Gasteiger partial charge in [-0.15, -0.1) is 0 Å². The molecule has 104 valence electrons.